The highest BCUT2D eigenvalue weighted by Crippen LogP contribution is 2.18. The Labute approximate surface area is 116 Å². The van der Waals surface area contributed by atoms with E-state index in [0.717, 1.165) is 5.56 Å². The van der Waals surface area contributed by atoms with Crippen LogP contribution in [-0.4, -0.2) is 20.4 Å². The molecule has 0 aliphatic heterocycles. The second-order valence-electron chi connectivity index (χ2n) is 3.80. The maximum Gasteiger partial charge on any atom is 0.358 e. The monoisotopic (exact) mass is 299 g/mol. The van der Waals surface area contributed by atoms with Gasteiger partial charge in [0.05, 0.1) is 11.5 Å². The average molecular weight is 300 g/mol. The Hall–Kier alpha value is -1.66. The van der Waals surface area contributed by atoms with Crippen molar-refractivity contribution >= 4 is 28.4 Å². The Morgan fingerprint density at radius 1 is 1.37 bits per heavy atom. The molecule has 2 aromatic rings. The van der Waals surface area contributed by atoms with Crippen LogP contribution in [0.25, 0.3) is 0 Å². The van der Waals surface area contributed by atoms with Crippen molar-refractivity contribution in [2.24, 2.45) is 0 Å². The van der Waals surface area contributed by atoms with Gasteiger partial charge in [-0.2, -0.15) is 0 Å². The van der Waals surface area contributed by atoms with E-state index in [2.05, 4.69) is 5.16 Å². The van der Waals surface area contributed by atoms with Crippen LogP contribution in [0.2, 0.25) is 5.02 Å². The van der Waals surface area contributed by atoms with Crippen molar-refractivity contribution in [3.8, 4) is 0 Å². The van der Waals surface area contributed by atoms with Crippen LogP contribution in [0, 0.1) is 0 Å². The van der Waals surface area contributed by atoms with Crippen molar-refractivity contribution < 1.29 is 18.6 Å². The summed E-state index contributed by atoms with van der Waals surface area (Å²) in [5.41, 5.74) is 0.588. The molecule has 0 spiro atoms. The molecule has 0 radical (unpaired) electrons. The third-order valence-corrected chi connectivity index (χ3v) is 3.96. The second kappa shape index (κ2) is 5.99. The van der Waals surface area contributed by atoms with E-state index in [1.54, 1.807) is 18.2 Å². The SMILES string of the molecule is O=C(O)c1cc(CS(=O)Cc2ccccc2Cl)on1. The average Bonchev–Trinajstić information content (AvgIpc) is 2.80. The Morgan fingerprint density at radius 3 is 2.74 bits per heavy atom. The number of aromatic nitrogens is 1. The van der Waals surface area contributed by atoms with Gasteiger partial charge in [-0.3, -0.25) is 4.21 Å². The number of aromatic carboxylic acids is 1. The molecule has 0 aliphatic carbocycles. The zero-order valence-corrected chi connectivity index (χ0v) is 11.3. The molecule has 0 bridgehead atoms. The van der Waals surface area contributed by atoms with Gasteiger partial charge in [-0.15, -0.1) is 0 Å². The summed E-state index contributed by atoms with van der Waals surface area (Å²) in [6.45, 7) is 0. The number of benzene rings is 1. The van der Waals surface area contributed by atoms with Gasteiger partial charge in [0, 0.05) is 21.9 Å². The third kappa shape index (κ3) is 3.65. The van der Waals surface area contributed by atoms with Gasteiger partial charge in [-0.1, -0.05) is 35.0 Å². The minimum absolute atomic E-state index is 0.103. The van der Waals surface area contributed by atoms with Crippen LogP contribution in [0.5, 0.6) is 0 Å². The zero-order chi connectivity index (χ0) is 13.8. The minimum Gasteiger partial charge on any atom is -0.476 e. The number of carboxylic acid groups (broad SMARTS) is 1. The molecule has 1 unspecified atom stereocenters. The molecule has 1 N–H and O–H groups in total. The molecule has 19 heavy (non-hydrogen) atoms. The van der Waals surface area contributed by atoms with Gasteiger partial charge < -0.3 is 9.63 Å². The first-order chi connectivity index (χ1) is 9.06. The third-order valence-electron chi connectivity index (χ3n) is 2.36. The summed E-state index contributed by atoms with van der Waals surface area (Å²) >= 11 is 5.97. The maximum atomic E-state index is 11.9. The van der Waals surface area contributed by atoms with Crippen LogP contribution in [0.1, 0.15) is 21.8 Å². The van der Waals surface area contributed by atoms with E-state index in [1.807, 2.05) is 6.07 Å². The van der Waals surface area contributed by atoms with Crippen LogP contribution in [-0.2, 0) is 22.3 Å². The molecule has 1 aromatic heterocycles. The molecular formula is C12H10ClNO4S. The highest BCUT2D eigenvalue weighted by Gasteiger charge is 2.13. The van der Waals surface area contributed by atoms with E-state index in [-0.39, 0.29) is 23.0 Å². The van der Waals surface area contributed by atoms with E-state index >= 15 is 0 Å². The fourth-order valence-corrected chi connectivity index (χ4v) is 2.92. The van der Waals surface area contributed by atoms with Gasteiger partial charge >= 0.3 is 5.97 Å². The number of carboxylic acids is 1. The first kappa shape index (κ1) is 13.8. The highest BCUT2D eigenvalue weighted by atomic mass is 35.5. The first-order valence-electron chi connectivity index (χ1n) is 5.33. The molecule has 1 heterocycles. The molecule has 0 amide bonds. The van der Waals surface area contributed by atoms with E-state index in [1.165, 1.54) is 6.07 Å². The van der Waals surface area contributed by atoms with Gasteiger partial charge in [0.15, 0.2) is 5.69 Å². The van der Waals surface area contributed by atoms with Gasteiger partial charge in [0.1, 0.15) is 5.76 Å². The van der Waals surface area contributed by atoms with Crippen LogP contribution >= 0.6 is 11.6 Å². The lowest BCUT2D eigenvalue weighted by Crippen LogP contribution is -1.99. The number of carbonyl (C=O) groups is 1. The van der Waals surface area contributed by atoms with Crippen molar-refractivity contribution in [1.29, 1.82) is 0 Å². The molecular weight excluding hydrogens is 290 g/mol. The quantitative estimate of drug-likeness (QED) is 0.917. The number of hydrogen-bond acceptors (Lipinski definition) is 4. The molecule has 1 aromatic carbocycles. The zero-order valence-electron chi connectivity index (χ0n) is 9.71. The Morgan fingerprint density at radius 2 is 2.11 bits per heavy atom. The topological polar surface area (TPSA) is 80.4 Å². The fraction of sp³-hybridized carbons (Fsp3) is 0.167. The molecule has 0 saturated heterocycles. The Balaban J connectivity index is 2.01. The number of rotatable bonds is 5. The molecule has 0 saturated carbocycles. The summed E-state index contributed by atoms with van der Waals surface area (Å²) < 4.78 is 16.7. The van der Waals surface area contributed by atoms with Crippen molar-refractivity contribution in [3.63, 3.8) is 0 Å². The summed E-state index contributed by atoms with van der Waals surface area (Å²) in [6, 6.07) is 8.40. The first-order valence-corrected chi connectivity index (χ1v) is 7.20. The van der Waals surface area contributed by atoms with Crippen molar-refractivity contribution in [3.05, 3.63) is 52.4 Å². The van der Waals surface area contributed by atoms with Crippen molar-refractivity contribution in [2.45, 2.75) is 11.5 Å². The smallest absolute Gasteiger partial charge is 0.358 e. The fourth-order valence-electron chi connectivity index (χ4n) is 1.48. The van der Waals surface area contributed by atoms with Crippen LogP contribution in [0.15, 0.2) is 34.9 Å². The highest BCUT2D eigenvalue weighted by molar-refractivity contribution is 7.83. The standard InChI is InChI=1S/C12H10ClNO4S/c13-10-4-2-1-3-8(10)6-19(17)7-9-5-11(12(15)16)14-18-9/h1-5H,6-7H2,(H,15,16). The molecule has 0 aliphatic rings. The Bertz CT molecular complexity index is 626. The summed E-state index contributed by atoms with van der Waals surface area (Å²) in [5, 5.41) is 12.6. The van der Waals surface area contributed by atoms with Crippen LogP contribution in [0.3, 0.4) is 0 Å². The number of halogens is 1. The van der Waals surface area contributed by atoms with Crippen molar-refractivity contribution in [2.75, 3.05) is 0 Å². The maximum absolute atomic E-state index is 11.9. The van der Waals surface area contributed by atoms with Crippen LogP contribution < -0.4 is 0 Å². The van der Waals surface area contributed by atoms with Gasteiger partial charge in [0.25, 0.3) is 0 Å². The summed E-state index contributed by atoms with van der Waals surface area (Å²) in [4.78, 5) is 10.6. The molecule has 0 fully saturated rings. The van der Waals surface area contributed by atoms with E-state index < -0.39 is 16.8 Å². The normalized spacial score (nSPS) is 12.3. The van der Waals surface area contributed by atoms with E-state index in [9.17, 15) is 9.00 Å². The van der Waals surface area contributed by atoms with Gasteiger partial charge in [0.2, 0.25) is 0 Å². The number of nitrogens with zero attached hydrogens (tertiary/aromatic N) is 1. The van der Waals surface area contributed by atoms with Crippen molar-refractivity contribution in [1.82, 2.24) is 5.16 Å². The predicted molar refractivity (Wildman–Crippen MR) is 70.5 cm³/mol. The lowest BCUT2D eigenvalue weighted by molar-refractivity contribution is 0.0685. The molecule has 100 valence electrons. The predicted octanol–water partition coefficient (Wildman–Crippen LogP) is 2.48. The molecule has 2 rings (SSSR count). The molecule has 1 atom stereocenters. The van der Waals surface area contributed by atoms with E-state index in [0.29, 0.717) is 5.02 Å². The molecule has 5 nitrogen and oxygen atoms in total. The number of hydrogen-bond donors (Lipinski definition) is 1. The summed E-state index contributed by atoms with van der Waals surface area (Å²) in [7, 11) is -1.24. The largest absolute Gasteiger partial charge is 0.476 e. The van der Waals surface area contributed by atoms with E-state index in [4.69, 9.17) is 21.2 Å². The van der Waals surface area contributed by atoms with Gasteiger partial charge in [-0.05, 0) is 11.6 Å². The minimum atomic E-state index is -1.24. The lowest BCUT2D eigenvalue weighted by Gasteiger charge is -2.02. The summed E-state index contributed by atoms with van der Waals surface area (Å²) in [6.07, 6.45) is 0. The Kier molecular flexibility index (Phi) is 4.34. The van der Waals surface area contributed by atoms with Gasteiger partial charge in [-0.25, -0.2) is 4.79 Å². The second-order valence-corrected chi connectivity index (χ2v) is 5.67. The summed E-state index contributed by atoms with van der Waals surface area (Å²) in [5.74, 6) is -0.511. The lowest BCUT2D eigenvalue weighted by atomic mass is 10.2. The molecule has 7 heteroatoms. The van der Waals surface area contributed by atoms with Crippen LogP contribution in [0.4, 0.5) is 0 Å².